The average Bonchev–Trinajstić information content (AvgIpc) is 2.26. The van der Waals surface area contributed by atoms with Crippen LogP contribution < -0.4 is 0 Å². The Hall–Kier alpha value is -0.950. The van der Waals surface area contributed by atoms with Crippen molar-refractivity contribution in [3.8, 4) is 0 Å². The summed E-state index contributed by atoms with van der Waals surface area (Å²) in [4.78, 5) is 0. The van der Waals surface area contributed by atoms with E-state index >= 15 is 0 Å². The molecule has 1 rings (SSSR count). The topological polar surface area (TPSA) is 19.9 Å². The molecule has 1 radical (unpaired) electrons. The highest BCUT2D eigenvalue weighted by molar-refractivity contribution is 5.22. The minimum atomic E-state index is -7.85. The summed E-state index contributed by atoms with van der Waals surface area (Å²) in [6.07, 6.45) is 0. The largest absolute Gasteiger partial charge is 0.384 e. The summed E-state index contributed by atoms with van der Waals surface area (Å²) < 4.78 is 164. The first kappa shape index (κ1) is 18.1. The quantitative estimate of drug-likeness (QED) is 0.468. The van der Waals surface area contributed by atoms with Gasteiger partial charge < -0.3 is 0 Å². The van der Waals surface area contributed by atoms with Crippen LogP contribution in [0.2, 0.25) is 0 Å². The van der Waals surface area contributed by atoms with Gasteiger partial charge in [-0.2, -0.15) is 62.2 Å². The SMILES string of the molecule is [O]C1(F)C(F)(F)C(F)(F)C(F)(F)C(F)(F)C(F)(F)C1(F)F. The lowest BCUT2D eigenvalue weighted by atomic mass is 9.97. The molecule has 1 aliphatic rings. The molecule has 0 aromatic rings. The van der Waals surface area contributed by atoms with Gasteiger partial charge in [-0.3, -0.25) is 0 Å². The van der Waals surface area contributed by atoms with Crippen LogP contribution in [0.5, 0.6) is 0 Å². The molecule has 1 fully saturated rings. The van der Waals surface area contributed by atoms with Gasteiger partial charge in [-0.05, 0) is 0 Å². The van der Waals surface area contributed by atoms with Gasteiger partial charge in [0.05, 0.1) is 0 Å². The summed E-state index contributed by atoms with van der Waals surface area (Å²) in [5.74, 6) is -54.6. The maximum atomic E-state index is 12.7. The fourth-order valence-electron chi connectivity index (χ4n) is 1.39. The van der Waals surface area contributed by atoms with E-state index in [4.69, 9.17) is 0 Å². The van der Waals surface area contributed by atoms with Crippen molar-refractivity contribution in [2.75, 3.05) is 0 Å². The van der Waals surface area contributed by atoms with Crippen LogP contribution in [0.1, 0.15) is 0 Å². The molecular formula is C7F13O. The monoisotopic (exact) mass is 347 g/mol. The normalized spacial score (nSPS) is 34.0. The zero-order valence-corrected chi connectivity index (χ0v) is 8.82. The molecule has 0 N–H and O–H groups in total. The molecule has 14 heteroatoms. The molecule has 0 amide bonds. The molecule has 21 heavy (non-hydrogen) atoms. The predicted molar refractivity (Wildman–Crippen MR) is 34.2 cm³/mol. The van der Waals surface area contributed by atoms with E-state index in [0.29, 0.717) is 0 Å². The van der Waals surface area contributed by atoms with Gasteiger partial charge in [0.15, 0.2) is 0 Å². The van der Waals surface area contributed by atoms with Gasteiger partial charge in [0, 0.05) is 0 Å². The Morgan fingerprint density at radius 3 is 0.667 bits per heavy atom. The number of alkyl halides is 13. The molecular weight excluding hydrogens is 347 g/mol. The molecule has 0 saturated heterocycles. The number of halogens is 13. The van der Waals surface area contributed by atoms with Crippen molar-refractivity contribution in [3.63, 3.8) is 0 Å². The summed E-state index contributed by atoms with van der Waals surface area (Å²) in [6, 6.07) is 0. The Balaban J connectivity index is 3.97. The Kier molecular flexibility index (Phi) is 3.17. The standard InChI is InChI=1S/C7F13O/c8-1(9)2(10,11)4(14,15)6(18,19)7(20,21)5(16,17)3(1,12)13. The number of hydrogen-bond donors (Lipinski definition) is 0. The van der Waals surface area contributed by atoms with E-state index in [9.17, 15) is 62.2 Å². The van der Waals surface area contributed by atoms with E-state index in [-0.39, 0.29) is 0 Å². The van der Waals surface area contributed by atoms with Crippen LogP contribution in [0, 0.1) is 0 Å². The second kappa shape index (κ2) is 3.68. The van der Waals surface area contributed by atoms with Crippen molar-refractivity contribution in [2.45, 2.75) is 41.4 Å². The van der Waals surface area contributed by atoms with E-state index in [1.165, 1.54) is 0 Å². The zero-order valence-electron chi connectivity index (χ0n) is 8.82. The van der Waals surface area contributed by atoms with Crippen LogP contribution in [0.3, 0.4) is 0 Å². The maximum absolute atomic E-state index is 12.7. The average molecular weight is 347 g/mol. The van der Waals surface area contributed by atoms with Crippen molar-refractivity contribution in [2.24, 2.45) is 0 Å². The van der Waals surface area contributed by atoms with E-state index < -0.39 is 41.4 Å². The smallest absolute Gasteiger partial charge is 0.195 e. The van der Waals surface area contributed by atoms with Crippen LogP contribution in [-0.2, 0) is 5.11 Å². The highest BCUT2D eigenvalue weighted by Gasteiger charge is 3.02. The van der Waals surface area contributed by atoms with E-state index in [2.05, 4.69) is 0 Å². The fourth-order valence-corrected chi connectivity index (χ4v) is 1.39. The van der Waals surface area contributed by atoms with Crippen LogP contribution >= 0.6 is 0 Å². The lowest BCUT2D eigenvalue weighted by Gasteiger charge is -2.35. The Labute approximate surface area is 105 Å². The molecule has 0 aliphatic heterocycles. The van der Waals surface area contributed by atoms with Crippen molar-refractivity contribution < 1.29 is 62.2 Å². The second-order valence-corrected chi connectivity index (χ2v) is 4.04. The van der Waals surface area contributed by atoms with Gasteiger partial charge in [-0.1, -0.05) is 0 Å². The third-order valence-electron chi connectivity index (χ3n) is 2.78. The molecule has 1 saturated carbocycles. The molecule has 0 bridgehead atoms. The summed E-state index contributed by atoms with van der Waals surface area (Å²) in [7, 11) is 0. The summed E-state index contributed by atoms with van der Waals surface area (Å²) >= 11 is 0. The minimum Gasteiger partial charge on any atom is -0.195 e. The summed E-state index contributed by atoms with van der Waals surface area (Å²) in [5, 5.41) is 10.3. The van der Waals surface area contributed by atoms with E-state index in [0.717, 1.165) is 0 Å². The Morgan fingerprint density at radius 2 is 0.476 bits per heavy atom. The van der Waals surface area contributed by atoms with Gasteiger partial charge in [-0.15, -0.1) is 0 Å². The lowest BCUT2D eigenvalue weighted by molar-refractivity contribution is -0.438. The third-order valence-corrected chi connectivity index (χ3v) is 2.78. The van der Waals surface area contributed by atoms with Gasteiger partial charge in [-0.25, -0.2) is 0 Å². The van der Waals surface area contributed by atoms with Crippen LogP contribution in [0.4, 0.5) is 57.1 Å². The van der Waals surface area contributed by atoms with Crippen LogP contribution in [-0.4, -0.2) is 41.4 Å². The van der Waals surface area contributed by atoms with Crippen molar-refractivity contribution in [1.82, 2.24) is 0 Å². The fraction of sp³-hybridized carbons (Fsp3) is 1.00. The van der Waals surface area contributed by atoms with Gasteiger partial charge in [0.1, 0.15) is 0 Å². The van der Waals surface area contributed by atoms with Crippen LogP contribution in [0.25, 0.3) is 0 Å². The summed E-state index contributed by atoms with van der Waals surface area (Å²) in [6.45, 7) is 0. The molecule has 0 spiro atoms. The molecule has 1 nitrogen and oxygen atoms in total. The predicted octanol–water partition coefficient (Wildman–Crippen LogP) is 3.91. The minimum absolute atomic E-state index is 7.64. The van der Waals surface area contributed by atoms with Crippen LogP contribution in [0.15, 0.2) is 0 Å². The molecule has 0 aromatic heterocycles. The summed E-state index contributed by atoms with van der Waals surface area (Å²) in [5.41, 5.74) is 0. The highest BCUT2D eigenvalue weighted by Crippen LogP contribution is 2.69. The Bertz CT molecular complexity index is 304. The molecule has 0 atom stereocenters. The first-order chi connectivity index (χ1) is 8.75. The van der Waals surface area contributed by atoms with Crippen molar-refractivity contribution in [3.05, 3.63) is 0 Å². The second-order valence-electron chi connectivity index (χ2n) is 4.04. The molecule has 0 aromatic carbocycles. The van der Waals surface area contributed by atoms with Gasteiger partial charge in [0.25, 0.3) is 0 Å². The molecule has 0 unspecified atom stereocenters. The van der Waals surface area contributed by atoms with Crippen molar-refractivity contribution >= 4 is 0 Å². The maximum Gasteiger partial charge on any atom is 0.384 e. The third kappa shape index (κ3) is 1.44. The first-order valence-corrected chi connectivity index (χ1v) is 4.41. The van der Waals surface area contributed by atoms with Gasteiger partial charge >= 0.3 is 41.4 Å². The lowest BCUT2D eigenvalue weighted by Crippen LogP contribution is -2.67. The molecule has 125 valence electrons. The molecule has 1 aliphatic carbocycles. The number of hydrogen-bond acceptors (Lipinski definition) is 0. The molecule has 0 heterocycles. The van der Waals surface area contributed by atoms with E-state index in [1.54, 1.807) is 0 Å². The Morgan fingerprint density at radius 1 is 0.333 bits per heavy atom. The number of rotatable bonds is 0. The highest BCUT2D eigenvalue weighted by atomic mass is 19.4. The zero-order chi connectivity index (χ0) is 17.5. The van der Waals surface area contributed by atoms with Crippen molar-refractivity contribution in [1.29, 1.82) is 0 Å². The van der Waals surface area contributed by atoms with E-state index in [1.807, 2.05) is 0 Å². The van der Waals surface area contributed by atoms with Gasteiger partial charge in [0.2, 0.25) is 0 Å². The first-order valence-electron chi connectivity index (χ1n) is 4.41.